The average molecular weight is 481 g/mol. The van der Waals surface area contributed by atoms with Crippen molar-refractivity contribution in [3.63, 3.8) is 0 Å². The summed E-state index contributed by atoms with van der Waals surface area (Å²) in [7, 11) is -3.96. The summed E-state index contributed by atoms with van der Waals surface area (Å²) in [6, 6.07) is 17.0. The van der Waals surface area contributed by atoms with Crippen LogP contribution in [0.15, 0.2) is 65.6 Å². The van der Waals surface area contributed by atoms with E-state index >= 15 is 0 Å². The van der Waals surface area contributed by atoms with E-state index in [2.05, 4.69) is 10.0 Å². The Hall–Kier alpha value is -3.36. The highest BCUT2D eigenvalue weighted by Crippen LogP contribution is 2.32. The Labute approximate surface area is 200 Å². The smallest absolute Gasteiger partial charge is 0.242 e. The predicted octanol–water partition coefficient (Wildman–Crippen LogP) is 3.91. The van der Waals surface area contributed by atoms with Crippen molar-refractivity contribution in [3.8, 4) is 11.5 Å². The number of amides is 1. The summed E-state index contributed by atoms with van der Waals surface area (Å²) in [4.78, 5) is 13.5. The first-order valence-corrected chi connectivity index (χ1v) is 12.6. The first-order valence-electron chi connectivity index (χ1n) is 11.1. The minimum absolute atomic E-state index is 0.195. The van der Waals surface area contributed by atoms with Crippen LogP contribution in [0.2, 0.25) is 0 Å². The third-order valence-corrected chi connectivity index (χ3v) is 7.36. The van der Waals surface area contributed by atoms with Gasteiger partial charge in [0.1, 0.15) is 19.3 Å². The fourth-order valence-electron chi connectivity index (χ4n) is 4.23. The van der Waals surface area contributed by atoms with Crippen molar-refractivity contribution in [3.05, 3.63) is 82.9 Å². The molecule has 1 aliphatic rings. The molecule has 0 radical (unpaired) electrons. The van der Waals surface area contributed by atoms with Gasteiger partial charge in [0.15, 0.2) is 11.5 Å². The number of sulfonamides is 1. The van der Waals surface area contributed by atoms with Gasteiger partial charge in [-0.1, -0.05) is 48.0 Å². The monoisotopic (exact) mass is 480 g/mol. The summed E-state index contributed by atoms with van der Waals surface area (Å²) >= 11 is 0. The van der Waals surface area contributed by atoms with Crippen LogP contribution in [-0.2, 0) is 21.2 Å². The van der Waals surface area contributed by atoms with Crippen molar-refractivity contribution < 1.29 is 22.7 Å². The van der Waals surface area contributed by atoms with Crippen LogP contribution < -0.4 is 19.5 Å². The number of carbonyl (C=O) groups excluding carboxylic acids is 1. The molecule has 0 fully saturated rings. The minimum Gasteiger partial charge on any atom is -0.486 e. The van der Waals surface area contributed by atoms with Gasteiger partial charge in [-0.3, -0.25) is 4.79 Å². The highest BCUT2D eigenvalue weighted by atomic mass is 32.2. The molecule has 34 heavy (non-hydrogen) atoms. The Bertz CT molecular complexity index is 1280. The molecule has 3 aromatic rings. The number of anilines is 1. The second kappa shape index (κ2) is 9.87. The number of fused-ring (bicyclic) bond motifs is 1. The van der Waals surface area contributed by atoms with Gasteiger partial charge in [-0.25, -0.2) is 8.42 Å². The van der Waals surface area contributed by atoms with Crippen LogP contribution >= 0.6 is 0 Å². The topological polar surface area (TPSA) is 93.7 Å². The molecule has 7 nitrogen and oxygen atoms in total. The summed E-state index contributed by atoms with van der Waals surface area (Å²) in [6.45, 7) is 6.34. The molecule has 0 saturated carbocycles. The van der Waals surface area contributed by atoms with E-state index in [-0.39, 0.29) is 11.3 Å². The van der Waals surface area contributed by atoms with Crippen molar-refractivity contribution in [2.75, 3.05) is 18.5 Å². The molecule has 4 rings (SSSR count). The number of benzene rings is 3. The Balaban J connectivity index is 1.62. The van der Waals surface area contributed by atoms with Crippen molar-refractivity contribution in [1.82, 2.24) is 4.72 Å². The van der Waals surface area contributed by atoms with E-state index in [9.17, 15) is 13.2 Å². The van der Waals surface area contributed by atoms with Crippen molar-refractivity contribution >= 4 is 21.6 Å². The zero-order valence-electron chi connectivity index (χ0n) is 19.4. The minimum atomic E-state index is -3.96. The van der Waals surface area contributed by atoms with Gasteiger partial charge in [-0.2, -0.15) is 4.72 Å². The summed E-state index contributed by atoms with van der Waals surface area (Å²) < 4.78 is 40.6. The van der Waals surface area contributed by atoms with Gasteiger partial charge >= 0.3 is 0 Å². The molecular formula is C26H28N2O5S. The van der Waals surface area contributed by atoms with Crippen molar-refractivity contribution in [2.45, 2.75) is 38.1 Å². The molecule has 1 unspecified atom stereocenters. The van der Waals surface area contributed by atoms with Crippen LogP contribution in [0.3, 0.4) is 0 Å². The zero-order chi connectivity index (χ0) is 24.3. The molecule has 3 aromatic carbocycles. The normalized spacial score (nSPS) is 13.9. The zero-order valence-corrected chi connectivity index (χ0v) is 20.2. The Morgan fingerprint density at radius 1 is 0.912 bits per heavy atom. The Morgan fingerprint density at radius 3 is 2.24 bits per heavy atom. The number of nitrogens with one attached hydrogen (secondary N) is 2. The van der Waals surface area contributed by atoms with Gasteiger partial charge < -0.3 is 14.8 Å². The standard InChI is InChI=1S/C26H28N2O5S/c1-17-13-18(2)25(19(3)14-17)34(30,31)28-22(15-20-7-5-4-6-8-20)26(29)27-21-9-10-23-24(16-21)33-12-11-32-23/h4-10,13-14,16,22,28H,11-12,15H2,1-3H3,(H,27,29). The summed E-state index contributed by atoms with van der Waals surface area (Å²) in [5, 5.41) is 2.82. The fraction of sp³-hybridized carbons (Fsp3) is 0.269. The molecule has 1 atom stereocenters. The maximum Gasteiger partial charge on any atom is 0.242 e. The SMILES string of the molecule is Cc1cc(C)c(S(=O)(=O)NC(Cc2ccccc2)C(=O)Nc2ccc3c(c2)OCCO3)c(C)c1. The number of ether oxygens (including phenoxy) is 2. The van der Waals surface area contributed by atoms with E-state index in [1.165, 1.54) is 0 Å². The lowest BCUT2D eigenvalue weighted by molar-refractivity contribution is -0.117. The molecule has 1 amide bonds. The Kier molecular flexibility index (Phi) is 6.90. The summed E-state index contributed by atoms with van der Waals surface area (Å²) in [5.41, 5.74) is 3.58. The number of carbonyl (C=O) groups is 1. The second-order valence-electron chi connectivity index (χ2n) is 8.44. The summed E-state index contributed by atoms with van der Waals surface area (Å²) in [5.74, 6) is 0.678. The maximum atomic E-state index is 13.4. The van der Waals surface area contributed by atoms with Gasteiger partial charge in [-0.15, -0.1) is 0 Å². The van der Waals surface area contributed by atoms with Crippen LogP contribution in [0.5, 0.6) is 11.5 Å². The van der Waals surface area contributed by atoms with Crippen LogP contribution in [0.1, 0.15) is 22.3 Å². The largest absolute Gasteiger partial charge is 0.486 e. The molecule has 0 aliphatic carbocycles. The number of aryl methyl sites for hydroxylation is 3. The second-order valence-corrected chi connectivity index (χ2v) is 10.1. The third-order valence-electron chi connectivity index (χ3n) is 5.58. The van der Waals surface area contributed by atoms with Gasteiger partial charge in [-0.05, 0) is 56.0 Å². The van der Waals surface area contributed by atoms with E-state index in [0.29, 0.717) is 41.5 Å². The molecule has 1 heterocycles. The molecule has 0 spiro atoms. The number of rotatable bonds is 7. The molecule has 0 bridgehead atoms. The van der Waals surface area contributed by atoms with E-state index in [1.54, 1.807) is 32.0 Å². The van der Waals surface area contributed by atoms with Crippen LogP contribution in [0.25, 0.3) is 0 Å². The summed E-state index contributed by atoms with van der Waals surface area (Å²) in [6.07, 6.45) is 0.195. The first-order chi connectivity index (χ1) is 16.2. The van der Waals surface area contributed by atoms with Gasteiger partial charge in [0, 0.05) is 11.8 Å². The Morgan fingerprint density at radius 2 is 1.56 bits per heavy atom. The highest BCUT2D eigenvalue weighted by Gasteiger charge is 2.29. The van der Waals surface area contributed by atoms with Crippen molar-refractivity contribution in [1.29, 1.82) is 0 Å². The molecular weight excluding hydrogens is 452 g/mol. The molecule has 0 saturated heterocycles. The lowest BCUT2D eigenvalue weighted by Crippen LogP contribution is -2.45. The van der Waals surface area contributed by atoms with Crippen molar-refractivity contribution in [2.24, 2.45) is 0 Å². The first kappa shape index (κ1) is 23.8. The number of hydrogen-bond donors (Lipinski definition) is 2. The molecule has 2 N–H and O–H groups in total. The lowest BCUT2D eigenvalue weighted by atomic mass is 10.1. The predicted molar refractivity (Wildman–Crippen MR) is 131 cm³/mol. The fourth-order valence-corrected chi connectivity index (χ4v) is 5.87. The molecule has 1 aliphatic heterocycles. The van der Waals surface area contributed by atoms with E-state index < -0.39 is 22.0 Å². The molecule has 178 valence electrons. The lowest BCUT2D eigenvalue weighted by Gasteiger charge is -2.22. The average Bonchev–Trinajstić information content (AvgIpc) is 2.78. The van der Waals surface area contributed by atoms with E-state index in [4.69, 9.17) is 9.47 Å². The van der Waals surface area contributed by atoms with Gasteiger partial charge in [0.2, 0.25) is 15.9 Å². The van der Waals surface area contributed by atoms with E-state index in [1.807, 2.05) is 49.4 Å². The quantitative estimate of drug-likeness (QED) is 0.535. The highest BCUT2D eigenvalue weighted by molar-refractivity contribution is 7.89. The third kappa shape index (κ3) is 5.40. The van der Waals surface area contributed by atoms with Crippen LogP contribution in [-0.4, -0.2) is 33.6 Å². The number of hydrogen-bond acceptors (Lipinski definition) is 5. The van der Waals surface area contributed by atoms with Crippen LogP contribution in [0.4, 0.5) is 5.69 Å². The molecule has 8 heteroatoms. The van der Waals surface area contributed by atoms with Gasteiger partial charge in [0.25, 0.3) is 0 Å². The van der Waals surface area contributed by atoms with Gasteiger partial charge in [0.05, 0.1) is 4.90 Å². The molecule has 0 aromatic heterocycles. The van der Waals surface area contributed by atoms with Crippen LogP contribution in [0, 0.1) is 20.8 Å². The van der Waals surface area contributed by atoms with E-state index in [0.717, 1.165) is 11.1 Å². The maximum absolute atomic E-state index is 13.4.